The van der Waals surface area contributed by atoms with Gasteiger partial charge in [-0.15, -0.1) is 0 Å². The first kappa shape index (κ1) is 13.4. The summed E-state index contributed by atoms with van der Waals surface area (Å²) in [7, 11) is 0. The Morgan fingerprint density at radius 2 is 1.79 bits per heavy atom. The molecule has 5 unspecified atom stereocenters. The fraction of sp³-hybridized carbons (Fsp3) is 0.933. The molecule has 2 heterocycles. The van der Waals surface area contributed by atoms with E-state index in [0.29, 0.717) is 5.92 Å². The molecule has 0 aromatic rings. The van der Waals surface area contributed by atoms with Gasteiger partial charge in [0.15, 0.2) is 0 Å². The highest BCUT2D eigenvalue weighted by molar-refractivity contribution is 5.81. The lowest BCUT2D eigenvalue weighted by Gasteiger charge is -2.42. The molecule has 19 heavy (non-hydrogen) atoms. The van der Waals surface area contributed by atoms with E-state index in [-0.39, 0.29) is 36.1 Å². The average Bonchev–Trinajstić information content (AvgIpc) is 2.64. The van der Waals surface area contributed by atoms with Gasteiger partial charge in [0.25, 0.3) is 0 Å². The molecule has 0 radical (unpaired) electrons. The van der Waals surface area contributed by atoms with Gasteiger partial charge in [-0.05, 0) is 44.4 Å². The van der Waals surface area contributed by atoms with Crippen LogP contribution in [0.5, 0.6) is 0 Å². The van der Waals surface area contributed by atoms with Gasteiger partial charge in [0.1, 0.15) is 0 Å². The van der Waals surface area contributed by atoms with Gasteiger partial charge >= 0.3 is 0 Å². The number of nitrogens with zero attached hydrogens (tertiary/aromatic N) is 1. The van der Waals surface area contributed by atoms with Crippen LogP contribution < -0.4 is 5.73 Å². The SMILES string of the molecule is CC1CCCC(C(=O)N2C3CCC2CC(O)C3)C1N. The van der Waals surface area contributed by atoms with Crippen molar-refractivity contribution < 1.29 is 9.90 Å². The molecule has 3 fully saturated rings. The minimum absolute atomic E-state index is 0.0158. The second-order valence-corrected chi connectivity index (χ2v) is 6.85. The van der Waals surface area contributed by atoms with E-state index in [1.165, 1.54) is 0 Å². The summed E-state index contributed by atoms with van der Waals surface area (Å²) < 4.78 is 0. The molecule has 2 saturated heterocycles. The normalized spacial score (nSPS) is 46.4. The fourth-order valence-electron chi connectivity index (χ4n) is 4.43. The minimum atomic E-state index is -0.208. The third kappa shape index (κ3) is 2.29. The van der Waals surface area contributed by atoms with Gasteiger partial charge < -0.3 is 15.7 Å². The standard InChI is InChI=1S/C15H26N2O2/c1-9-3-2-4-13(14(9)16)15(19)17-10-5-6-11(17)8-12(18)7-10/h9-14,18H,2-8,16H2,1H3. The maximum Gasteiger partial charge on any atom is 0.227 e. The van der Waals surface area contributed by atoms with Crippen molar-refractivity contribution in [1.29, 1.82) is 0 Å². The summed E-state index contributed by atoms with van der Waals surface area (Å²) in [5.74, 6) is 0.747. The number of hydrogen-bond acceptors (Lipinski definition) is 3. The summed E-state index contributed by atoms with van der Waals surface area (Å²) in [4.78, 5) is 14.9. The Bertz CT molecular complexity index is 346. The zero-order valence-corrected chi connectivity index (χ0v) is 11.8. The molecule has 4 nitrogen and oxygen atoms in total. The molecule has 1 saturated carbocycles. The largest absolute Gasteiger partial charge is 0.393 e. The summed E-state index contributed by atoms with van der Waals surface area (Å²) in [6.45, 7) is 2.17. The van der Waals surface area contributed by atoms with Gasteiger partial charge in [-0.2, -0.15) is 0 Å². The summed E-state index contributed by atoms with van der Waals surface area (Å²) in [6.07, 6.45) is 6.66. The van der Waals surface area contributed by atoms with Crippen LogP contribution in [0.15, 0.2) is 0 Å². The number of piperidine rings is 1. The zero-order valence-electron chi connectivity index (χ0n) is 11.8. The lowest BCUT2D eigenvalue weighted by atomic mass is 9.77. The summed E-state index contributed by atoms with van der Waals surface area (Å²) in [5, 5.41) is 9.83. The Morgan fingerprint density at radius 3 is 2.42 bits per heavy atom. The number of aliphatic hydroxyl groups excluding tert-OH is 1. The first-order chi connectivity index (χ1) is 9.08. The number of nitrogens with two attached hydrogens (primary N) is 1. The molecule has 0 aromatic heterocycles. The van der Waals surface area contributed by atoms with Crippen LogP contribution in [0.2, 0.25) is 0 Å². The zero-order chi connectivity index (χ0) is 13.6. The van der Waals surface area contributed by atoms with E-state index >= 15 is 0 Å². The molecule has 3 rings (SSSR count). The molecule has 3 aliphatic rings. The number of hydrogen-bond donors (Lipinski definition) is 2. The first-order valence-electron chi connectivity index (χ1n) is 7.83. The lowest BCUT2D eigenvalue weighted by Crippen LogP contribution is -2.54. The number of rotatable bonds is 1. The van der Waals surface area contributed by atoms with Crippen molar-refractivity contribution in [3.05, 3.63) is 0 Å². The second-order valence-electron chi connectivity index (χ2n) is 6.85. The molecular formula is C15H26N2O2. The highest BCUT2D eigenvalue weighted by Gasteiger charge is 2.46. The van der Waals surface area contributed by atoms with Crippen LogP contribution in [-0.4, -0.2) is 40.1 Å². The van der Waals surface area contributed by atoms with Crippen molar-refractivity contribution in [2.75, 3.05) is 0 Å². The molecule has 0 aromatic carbocycles. The molecule has 5 atom stereocenters. The van der Waals surface area contributed by atoms with Crippen LogP contribution in [0.3, 0.4) is 0 Å². The third-order valence-electron chi connectivity index (χ3n) is 5.58. The first-order valence-corrected chi connectivity index (χ1v) is 7.83. The van der Waals surface area contributed by atoms with E-state index in [4.69, 9.17) is 5.73 Å². The van der Waals surface area contributed by atoms with E-state index in [1.807, 2.05) is 0 Å². The average molecular weight is 266 g/mol. The highest BCUT2D eigenvalue weighted by Crippen LogP contribution is 2.39. The number of amides is 1. The van der Waals surface area contributed by atoms with E-state index in [2.05, 4.69) is 11.8 Å². The third-order valence-corrected chi connectivity index (χ3v) is 5.58. The summed E-state index contributed by atoms with van der Waals surface area (Å²) in [6, 6.07) is 0.559. The van der Waals surface area contributed by atoms with E-state index in [0.717, 1.165) is 44.9 Å². The number of fused-ring (bicyclic) bond motifs is 2. The fourth-order valence-corrected chi connectivity index (χ4v) is 4.43. The van der Waals surface area contributed by atoms with Crippen molar-refractivity contribution in [1.82, 2.24) is 4.90 Å². The molecule has 0 spiro atoms. The highest BCUT2D eigenvalue weighted by atomic mass is 16.3. The quantitative estimate of drug-likeness (QED) is 0.751. The van der Waals surface area contributed by atoms with Gasteiger partial charge in [-0.3, -0.25) is 4.79 Å². The van der Waals surface area contributed by atoms with Crippen LogP contribution in [-0.2, 0) is 4.79 Å². The van der Waals surface area contributed by atoms with Crippen molar-refractivity contribution in [2.24, 2.45) is 17.6 Å². The van der Waals surface area contributed by atoms with E-state index < -0.39 is 0 Å². The van der Waals surface area contributed by atoms with Crippen molar-refractivity contribution in [3.63, 3.8) is 0 Å². The number of carbonyl (C=O) groups excluding carboxylic acids is 1. The van der Waals surface area contributed by atoms with Gasteiger partial charge in [0.05, 0.1) is 12.0 Å². The predicted molar refractivity (Wildman–Crippen MR) is 73.4 cm³/mol. The molecule has 3 N–H and O–H groups in total. The monoisotopic (exact) mass is 266 g/mol. The van der Waals surface area contributed by atoms with Crippen molar-refractivity contribution in [2.45, 2.75) is 76.1 Å². The van der Waals surface area contributed by atoms with E-state index in [1.54, 1.807) is 0 Å². The minimum Gasteiger partial charge on any atom is -0.393 e. The van der Waals surface area contributed by atoms with E-state index in [9.17, 15) is 9.90 Å². The predicted octanol–water partition coefficient (Wildman–Crippen LogP) is 1.26. The maximum atomic E-state index is 12.8. The smallest absolute Gasteiger partial charge is 0.227 e. The summed E-state index contributed by atoms with van der Waals surface area (Å²) >= 11 is 0. The Balaban J connectivity index is 1.74. The van der Waals surface area contributed by atoms with Crippen molar-refractivity contribution in [3.8, 4) is 0 Å². The van der Waals surface area contributed by atoms with Gasteiger partial charge in [0, 0.05) is 18.1 Å². The Morgan fingerprint density at radius 1 is 1.16 bits per heavy atom. The maximum absolute atomic E-state index is 12.8. The number of carbonyl (C=O) groups is 1. The van der Waals surface area contributed by atoms with Crippen LogP contribution in [0.25, 0.3) is 0 Å². The second kappa shape index (κ2) is 5.06. The molecule has 2 bridgehead atoms. The van der Waals surface area contributed by atoms with Crippen LogP contribution in [0, 0.1) is 11.8 Å². The van der Waals surface area contributed by atoms with Crippen molar-refractivity contribution >= 4 is 5.91 Å². The van der Waals surface area contributed by atoms with Gasteiger partial charge in [-0.25, -0.2) is 0 Å². The Kier molecular flexibility index (Phi) is 3.56. The Hall–Kier alpha value is -0.610. The Labute approximate surface area is 115 Å². The topological polar surface area (TPSA) is 66.6 Å². The molecule has 4 heteroatoms. The number of aliphatic hydroxyl groups is 1. The molecule has 1 amide bonds. The van der Waals surface area contributed by atoms with Crippen LogP contribution in [0.4, 0.5) is 0 Å². The van der Waals surface area contributed by atoms with Crippen LogP contribution in [0.1, 0.15) is 51.9 Å². The van der Waals surface area contributed by atoms with Gasteiger partial charge in [0.2, 0.25) is 5.91 Å². The van der Waals surface area contributed by atoms with Gasteiger partial charge in [-0.1, -0.05) is 13.3 Å². The lowest BCUT2D eigenvalue weighted by molar-refractivity contribution is -0.144. The summed E-state index contributed by atoms with van der Waals surface area (Å²) in [5.41, 5.74) is 6.27. The molecule has 2 aliphatic heterocycles. The molecule has 1 aliphatic carbocycles. The van der Waals surface area contributed by atoms with Crippen LogP contribution >= 0.6 is 0 Å². The molecule has 108 valence electrons. The molecular weight excluding hydrogens is 240 g/mol.